The van der Waals surface area contributed by atoms with Crippen molar-refractivity contribution in [3.05, 3.63) is 53.6 Å². The molecule has 3 N–H and O–H groups in total. The first-order valence-corrected chi connectivity index (χ1v) is 11.1. The van der Waals surface area contributed by atoms with Crippen molar-refractivity contribution >= 4 is 17.7 Å². The lowest BCUT2D eigenvalue weighted by Gasteiger charge is -2.13. The van der Waals surface area contributed by atoms with E-state index in [1.807, 2.05) is 13.8 Å². The summed E-state index contributed by atoms with van der Waals surface area (Å²) in [6, 6.07) is 11.3. The average Bonchev–Trinajstić information content (AvgIpc) is 2.81. The van der Waals surface area contributed by atoms with Crippen LogP contribution in [0.25, 0.3) is 0 Å². The fourth-order valence-corrected chi connectivity index (χ4v) is 2.80. The van der Waals surface area contributed by atoms with E-state index in [0.717, 1.165) is 6.42 Å². The van der Waals surface area contributed by atoms with Gasteiger partial charge in [0.1, 0.15) is 5.75 Å². The van der Waals surface area contributed by atoms with Crippen molar-refractivity contribution in [2.45, 2.75) is 40.2 Å². The molecule has 0 unspecified atom stereocenters. The van der Waals surface area contributed by atoms with Gasteiger partial charge in [-0.2, -0.15) is 0 Å². The van der Waals surface area contributed by atoms with Gasteiger partial charge in [-0.05, 0) is 68.7 Å². The number of nitrogens with one attached hydrogen (secondary N) is 3. The molecule has 0 heterocycles. The molecule has 2 rings (SSSR count). The molecule has 0 spiro atoms. The summed E-state index contributed by atoms with van der Waals surface area (Å²) >= 11 is 0. The minimum absolute atomic E-state index is 0.0284. The Kier molecular flexibility index (Phi) is 10.2. The van der Waals surface area contributed by atoms with Crippen LogP contribution in [0.4, 0.5) is 0 Å². The Labute approximate surface area is 200 Å². The Morgan fingerprint density at radius 3 is 2.15 bits per heavy atom. The summed E-state index contributed by atoms with van der Waals surface area (Å²) in [6.45, 7) is 8.26. The van der Waals surface area contributed by atoms with Crippen molar-refractivity contribution in [1.29, 1.82) is 0 Å². The number of methoxy groups -OCH3 is 1. The maximum atomic E-state index is 12.4. The van der Waals surface area contributed by atoms with E-state index >= 15 is 0 Å². The number of rotatable bonds is 11. The number of ether oxygens (including phenoxy) is 3. The van der Waals surface area contributed by atoms with E-state index in [2.05, 4.69) is 30.0 Å². The van der Waals surface area contributed by atoms with Crippen LogP contribution in [0.1, 0.15) is 54.8 Å². The van der Waals surface area contributed by atoms with Gasteiger partial charge in [-0.15, -0.1) is 0 Å². The lowest BCUT2D eigenvalue weighted by Crippen LogP contribution is -2.46. The monoisotopic (exact) mass is 471 g/mol. The largest absolute Gasteiger partial charge is 0.493 e. The van der Waals surface area contributed by atoms with E-state index in [1.54, 1.807) is 36.4 Å². The van der Waals surface area contributed by atoms with Crippen molar-refractivity contribution < 1.29 is 28.6 Å². The minimum atomic E-state index is -0.581. The van der Waals surface area contributed by atoms with Crippen molar-refractivity contribution in [2.24, 2.45) is 5.92 Å². The van der Waals surface area contributed by atoms with Crippen molar-refractivity contribution in [1.82, 2.24) is 16.2 Å². The molecule has 0 fully saturated rings. The standard InChI is InChI=1S/C25H33N3O6/c1-16(2)12-13-33-21-11-8-19(14-22(21)32-5)25(31)28-27-23(29)15-26-24(30)18-6-9-20(10-7-18)34-17(3)4/h6-11,14,16-17H,12-13,15H2,1-5H3,(H,26,30)(H,27,29)(H,28,31). The molecule has 34 heavy (non-hydrogen) atoms. The zero-order chi connectivity index (χ0) is 25.1. The molecule has 9 nitrogen and oxygen atoms in total. The number of hydrazine groups is 1. The van der Waals surface area contributed by atoms with Crippen LogP contribution in [-0.2, 0) is 4.79 Å². The maximum Gasteiger partial charge on any atom is 0.269 e. The minimum Gasteiger partial charge on any atom is -0.493 e. The molecular weight excluding hydrogens is 438 g/mol. The van der Waals surface area contributed by atoms with Gasteiger partial charge in [-0.3, -0.25) is 25.2 Å². The first-order valence-electron chi connectivity index (χ1n) is 11.1. The van der Waals surface area contributed by atoms with Crippen molar-refractivity contribution in [3.8, 4) is 17.2 Å². The van der Waals surface area contributed by atoms with Crippen LogP contribution in [-0.4, -0.2) is 44.1 Å². The number of amides is 3. The second kappa shape index (κ2) is 13.1. The Hall–Kier alpha value is -3.75. The lowest BCUT2D eigenvalue weighted by molar-refractivity contribution is -0.120. The molecular formula is C25H33N3O6. The zero-order valence-electron chi connectivity index (χ0n) is 20.3. The number of hydrogen-bond donors (Lipinski definition) is 3. The summed E-state index contributed by atoms with van der Waals surface area (Å²) < 4.78 is 16.6. The molecule has 2 aromatic carbocycles. The van der Waals surface area contributed by atoms with Crippen molar-refractivity contribution in [2.75, 3.05) is 20.3 Å². The van der Waals surface area contributed by atoms with Crippen molar-refractivity contribution in [3.63, 3.8) is 0 Å². The van der Waals surface area contributed by atoms with Crippen LogP contribution >= 0.6 is 0 Å². The average molecular weight is 472 g/mol. The molecule has 0 saturated heterocycles. The molecule has 0 saturated carbocycles. The summed E-state index contributed by atoms with van der Waals surface area (Å²) in [5.74, 6) is 0.577. The molecule has 0 aromatic heterocycles. The van der Waals surface area contributed by atoms with Gasteiger partial charge < -0.3 is 19.5 Å². The summed E-state index contributed by atoms with van der Waals surface area (Å²) in [4.78, 5) is 36.6. The number of hydrogen-bond acceptors (Lipinski definition) is 6. The van der Waals surface area contributed by atoms with Crippen LogP contribution < -0.4 is 30.4 Å². The van der Waals surface area contributed by atoms with Gasteiger partial charge >= 0.3 is 0 Å². The van der Waals surface area contributed by atoms with Gasteiger partial charge in [-0.1, -0.05) is 13.8 Å². The summed E-state index contributed by atoms with van der Waals surface area (Å²) in [5.41, 5.74) is 5.25. The molecule has 0 aliphatic heterocycles. The highest BCUT2D eigenvalue weighted by atomic mass is 16.5. The van der Waals surface area contributed by atoms with E-state index in [4.69, 9.17) is 14.2 Å². The number of carbonyl (C=O) groups excluding carboxylic acids is 3. The van der Waals surface area contributed by atoms with E-state index in [-0.39, 0.29) is 18.2 Å². The van der Waals surface area contributed by atoms with E-state index < -0.39 is 17.7 Å². The van der Waals surface area contributed by atoms with Crippen LogP contribution in [0.3, 0.4) is 0 Å². The first-order chi connectivity index (χ1) is 16.2. The smallest absolute Gasteiger partial charge is 0.269 e. The highest BCUT2D eigenvalue weighted by molar-refractivity contribution is 5.98. The topological polar surface area (TPSA) is 115 Å². The third-order valence-electron chi connectivity index (χ3n) is 4.59. The molecule has 3 amide bonds. The predicted octanol–water partition coefficient (Wildman–Crippen LogP) is 3.10. The summed E-state index contributed by atoms with van der Waals surface area (Å²) in [6.07, 6.45) is 0.923. The van der Waals surface area contributed by atoms with Crippen LogP contribution in [0.15, 0.2) is 42.5 Å². The molecule has 9 heteroatoms. The van der Waals surface area contributed by atoms with Crippen LogP contribution in [0.5, 0.6) is 17.2 Å². The van der Waals surface area contributed by atoms with Gasteiger partial charge in [-0.25, -0.2) is 0 Å². The van der Waals surface area contributed by atoms with Gasteiger partial charge in [0.25, 0.3) is 17.7 Å². The van der Waals surface area contributed by atoms with Gasteiger partial charge in [0.05, 0.1) is 26.4 Å². The zero-order valence-corrected chi connectivity index (χ0v) is 20.3. The molecule has 0 bridgehead atoms. The highest BCUT2D eigenvalue weighted by Gasteiger charge is 2.13. The van der Waals surface area contributed by atoms with Gasteiger partial charge in [0.2, 0.25) is 0 Å². The summed E-state index contributed by atoms with van der Waals surface area (Å²) in [7, 11) is 1.49. The molecule has 0 aliphatic rings. The maximum absolute atomic E-state index is 12.4. The van der Waals surface area contributed by atoms with E-state index in [0.29, 0.717) is 35.3 Å². The Morgan fingerprint density at radius 2 is 1.53 bits per heavy atom. The summed E-state index contributed by atoms with van der Waals surface area (Å²) in [5, 5.41) is 2.50. The first kappa shape index (κ1) is 26.5. The van der Waals surface area contributed by atoms with Crippen LogP contribution in [0.2, 0.25) is 0 Å². The molecule has 184 valence electrons. The Morgan fingerprint density at radius 1 is 0.853 bits per heavy atom. The van der Waals surface area contributed by atoms with Crippen LogP contribution in [0, 0.1) is 5.92 Å². The van der Waals surface area contributed by atoms with Gasteiger partial charge in [0.15, 0.2) is 11.5 Å². The molecule has 0 aliphatic carbocycles. The quantitative estimate of drug-likeness (QED) is 0.434. The normalized spacial score (nSPS) is 10.6. The fourth-order valence-electron chi connectivity index (χ4n) is 2.80. The lowest BCUT2D eigenvalue weighted by atomic mass is 10.1. The second-order valence-corrected chi connectivity index (χ2v) is 8.27. The van der Waals surface area contributed by atoms with E-state index in [9.17, 15) is 14.4 Å². The number of benzene rings is 2. The Bertz CT molecular complexity index is 973. The predicted molar refractivity (Wildman–Crippen MR) is 128 cm³/mol. The highest BCUT2D eigenvalue weighted by Crippen LogP contribution is 2.28. The SMILES string of the molecule is COc1cc(C(=O)NNC(=O)CNC(=O)c2ccc(OC(C)C)cc2)ccc1OCCC(C)C. The number of carbonyl (C=O) groups is 3. The third-order valence-corrected chi connectivity index (χ3v) is 4.59. The Balaban J connectivity index is 1.81. The third kappa shape index (κ3) is 8.65. The van der Waals surface area contributed by atoms with Gasteiger partial charge in [0, 0.05) is 11.1 Å². The molecule has 2 aromatic rings. The molecule has 0 atom stereocenters. The fraction of sp³-hybridized carbons (Fsp3) is 0.400. The second-order valence-electron chi connectivity index (χ2n) is 8.27. The molecule has 0 radical (unpaired) electrons. The van der Waals surface area contributed by atoms with E-state index in [1.165, 1.54) is 13.2 Å².